The van der Waals surface area contributed by atoms with E-state index in [9.17, 15) is 8.42 Å². The quantitative estimate of drug-likeness (QED) is 0.665. The molecule has 144 valence electrons. The third-order valence-corrected chi connectivity index (χ3v) is 6.68. The van der Waals surface area contributed by atoms with Gasteiger partial charge in [-0.15, -0.1) is 0 Å². The van der Waals surface area contributed by atoms with E-state index in [1.165, 1.54) is 10.5 Å². The van der Waals surface area contributed by atoms with E-state index in [1.54, 1.807) is 28.7 Å². The topological polar surface area (TPSA) is 95.1 Å². The lowest BCUT2D eigenvalue weighted by molar-refractivity contribution is -0.00260. The molecule has 0 saturated carbocycles. The molecule has 0 N–H and O–H groups in total. The van der Waals surface area contributed by atoms with Crippen molar-refractivity contribution in [3.63, 3.8) is 0 Å². The zero-order valence-corrected chi connectivity index (χ0v) is 16.3. The van der Waals surface area contributed by atoms with E-state index in [1.807, 2.05) is 20.0 Å². The van der Waals surface area contributed by atoms with E-state index in [0.717, 1.165) is 23.2 Å². The lowest BCUT2D eigenvalue weighted by Crippen LogP contribution is -2.42. The monoisotopic (exact) mass is 390 g/mol. The van der Waals surface area contributed by atoms with Gasteiger partial charge in [0.05, 0.1) is 24.6 Å². The smallest absolute Gasteiger partial charge is 0.244 e. The normalized spacial score (nSPS) is 19.0. The molecule has 0 radical (unpaired) electrons. The highest BCUT2D eigenvalue weighted by atomic mass is 32.2. The van der Waals surface area contributed by atoms with E-state index in [2.05, 4.69) is 15.2 Å². The predicted octanol–water partition coefficient (Wildman–Crippen LogP) is 1.26. The minimum absolute atomic E-state index is 0.177. The summed E-state index contributed by atoms with van der Waals surface area (Å²) in [6.45, 7) is 5.50. The number of rotatable bonds is 4. The number of aryl methyl sites for hydroxylation is 3. The van der Waals surface area contributed by atoms with Gasteiger partial charge >= 0.3 is 0 Å². The molecule has 10 heteroatoms. The number of fused-ring (bicyclic) bond motifs is 1. The second kappa shape index (κ2) is 6.70. The summed E-state index contributed by atoms with van der Waals surface area (Å²) in [5.41, 5.74) is 2.30. The summed E-state index contributed by atoms with van der Waals surface area (Å²) in [6, 6.07) is 1.65. The Labute approximate surface area is 157 Å². The van der Waals surface area contributed by atoms with Crippen LogP contribution in [0.4, 0.5) is 0 Å². The van der Waals surface area contributed by atoms with Crippen LogP contribution in [0.1, 0.15) is 24.3 Å². The van der Waals surface area contributed by atoms with Gasteiger partial charge in [0.15, 0.2) is 5.65 Å². The number of aromatic nitrogens is 5. The highest BCUT2D eigenvalue weighted by Gasteiger charge is 2.32. The third-order valence-electron chi connectivity index (χ3n) is 4.85. The molecule has 9 nitrogen and oxygen atoms in total. The summed E-state index contributed by atoms with van der Waals surface area (Å²) in [5.74, 6) is 0. The number of hydrogen-bond donors (Lipinski definition) is 0. The average Bonchev–Trinajstić information content (AvgIpc) is 3.26. The summed E-state index contributed by atoms with van der Waals surface area (Å²) < 4.78 is 37.0. The van der Waals surface area contributed by atoms with Crippen molar-refractivity contribution in [2.24, 2.45) is 7.05 Å². The molecular formula is C17H22N6O3S. The second-order valence-corrected chi connectivity index (χ2v) is 8.54. The van der Waals surface area contributed by atoms with Crippen LogP contribution in [0.15, 0.2) is 29.6 Å². The SMILES string of the molecule is CCn1cc([C@H]2CN(S(=O)(=O)c3cnc4c(c3)c(C)nn4C)CCO2)cn1. The fourth-order valence-corrected chi connectivity index (χ4v) is 4.74. The molecular weight excluding hydrogens is 368 g/mol. The number of morpholine rings is 1. The molecule has 0 aliphatic carbocycles. The Bertz CT molecular complexity index is 1090. The van der Waals surface area contributed by atoms with Gasteiger partial charge in [0.2, 0.25) is 10.0 Å². The molecule has 3 aromatic heterocycles. The molecule has 4 rings (SSSR count). The van der Waals surface area contributed by atoms with Crippen LogP contribution in [-0.2, 0) is 28.4 Å². The Kier molecular flexibility index (Phi) is 4.49. The van der Waals surface area contributed by atoms with Crippen molar-refractivity contribution in [2.75, 3.05) is 19.7 Å². The number of nitrogens with zero attached hydrogens (tertiary/aromatic N) is 6. The molecule has 3 aromatic rings. The number of ether oxygens (including phenoxy) is 1. The van der Waals surface area contributed by atoms with Crippen molar-refractivity contribution in [1.29, 1.82) is 0 Å². The molecule has 0 amide bonds. The van der Waals surface area contributed by atoms with Crippen LogP contribution < -0.4 is 0 Å². The van der Waals surface area contributed by atoms with Gasteiger partial charge in [-0.25, -0.2) is 13.4 Å². The summed E-state index contributed by atoms with van der Waals surface area (Å²) in [5, 5.41) is 9.30. The summed E-state index contributed by atoms with van der Waals surface area (Å²) >= 11 is 0. The van der Waals surface area contributed by atoms with Crippen molar-refractivity contribution >= 4 is 21.1 Å². The number of pyridine rings is 1. The van der Waals surface area contributed by atoms with E-state index >= 15 is 0 Å². The van der Waals surface area contributed by atoms with Crippen LogP contribution in [0.3, 0.4) is 0 Å². The summed E-state index contributed by atoms with van der Waals surface area (Å²) in [6.07, 6.45) is 4.70. The molecule has 0 spiro atoms. The zero-order valence-electron chi connectivity index (χ0n) is 15.5. The van der Waals surface area contributed by atoms with Gasteiger partial charge in [0.1, 0.15) is 4.90 Å². The lowest BCUT2D eigenvalue weighted by Gasteiger charge is -2.31. The minimum Gasteiger partial charge on any atom is -0.371 e. The van der Waals surface area contributed by atoms with Crippen molar-refractivity contribution in [1.82, 2.24) is 28.9 Å². The van der Waals surface area contributed by atoms with Crippen LogP contribution in [0.2, 0.25) is 0 Å². The van der Waals surface area contributed by atoms with Gasteiger partial charge in [-0.3, -0.25) is 9.36 Å². The highest BCUT2D eigenvalue weighted by Crippen LogP contribution is 2.27. The molecule has 27 heavy (non-hydrogen) atoms. The van der Waals surface area contributed by atoms with Crippen LogP contribution in [0.5, 0.6) is 0 Å². The van der Waals surface area contributed by atoms with Gasteiger partial charge in [-0.05, 0) is 19.9 Å². The van der Waals surface area contributed by atoms with Crippen LogP contribution in [-0.4, -0.2) is 57.0 Å². The summed E-state index contributed by atoms with van der Waals surface area (Å²) in [4.78, 5) is 4.48. The first-order valence-electron chi connectivity index (χ1n) is 8.83. The molecule has 0 bridgehead atoms. The zero-order chi connectivity index (χ0) is 19.2. The molecule has 1 atom stereocenters. The van der Waals surface area contributed by atoms with E-state index < -0.39 is 10.0 Å². The van der Waals surface area contributed by atoms with Crippen molar-refractivity contribution in [3.05, 3.63) is 35.9 Å². The average molecular weight is 390 g/mol. The first kappa shape index (κ1) is 18.1. The van der Waals surface area contributed by atoms with E-state index in [4.69, 9.17) is 4.74 Å². The van der Waals surface area contributed by atoms with Gasteiger partial charge in [-0.1, -0.05) is 0 Å². The molecule has 1 fully saturated rings. The summed E-state index contributed by atoms with van der Waals surface area (Å²) in [7, 11) is -1.88. The van der Waals surface area contributed by atoms with Crippen molar-refractivity contribution in [3.8, 4) is 0 Å². The Morgan fingerprint density at radius 2 is 2.15 bits per heavy atom. The van der Waals surface area contributed by atoms with Gasteiger partial charge in [-0.2, -0.15) is 14.5 Å². The van der Waals surface area contributed by atoms with Crippen LogP contribution in [0.25, 0.3) is 11.0 Å². The lowest BCUT2D eigenvalue weighted by atomic mass is 10.2. The highest BCUT2D eigenvalue weighted by molar-refractivity contribution is 7.89. The molecule has 0 unspecified atom stereocenters. The Balaban J connectivity index is 1.64. The van der Waals surface area contributed by atoms with Crippen LogP contribution >= 0.6 is 0 Å². The maximum atomic E-state index is 13.2. The number of sulfonamides is 1. The maximum Gasteiger partial charge on any atom is 0.244 e. The van der Waals surface area contributed by atoms with Crippen molar-refractivity contribution < 1.29 is 13.2 Å². The minimum atomic E-state index is -3.67. The first-order valence-corrected chi connectivity index (χ1v) is 10.3. The van der Waals surface area contributed by atoms with Crippen molar-refractivity contribution in [2.45, 2.75) is 31.4 Å². The molecule has 4 heterocycles. The predicted molar refractivity (Wildman–Crippen MR) is 98.6 cm³/mol. The molecule has 1 saturated heterocycles. The van der Waals surface area contributed by atoms with E-state index in [0.29, 0.717) is 18.8 Å². The maximum absolute atomic E-state index is 13.2. The fraction of sp³-hybridized carbons (Fsp3) is 0.471. The van der Waals surface area contributed by atoms with Crippen LogP contribution in [0, 0.1) is 6.92 Å². The van der Waals surface area contributed by atoms with Gasteiger partial charge < -0.3 is 4.74 Å². The Morgan fingerprint density at radius 3 is 2.89 bits per heavy atom. The Hall–Kier alpha value is -2.30. The molecule has 1 aliphatic rings. The standard InChI is InChI=1S/C17H22N6O3S/c1-4-22-10-13(8-19-22)16-11-23(5-6-26-16)27(24,25)14-7-15-12(2)20-21(3)17(15)18-9-14/h7-10,16H,4-6,11H2,1-3H3/t16-/m1/s1. The van der Waals surface area contributed by atoms with E-state index in [-0.39, 0.29) is 17.5 Å². The molecule has 0 aromatic carbocycles. The first-order chi connectivity index (χ1) is 12.9. The number of hydrogen-bond acceptors (Lipinski definition) is 6. The van der Waals surface area contributed by atoms with Gasteiger partial charge in [0, 0.05) is 50.0 Å². The largest absolute Gasteiger partial charge is 0.371 e. The second-order valence-electron chi connectivity index (χ2n) is 6.60. The fourth-order valence-electron chi connectivity index (χ4n) is 3.34. The molecule has 1 aliphatic heterocycles. The van der Waals surface area contributed by atoms with Gasteiger partial charge in [0.25, 0.3) is 0 Å². The third kappa shape index (κ3) is 3.13. The Morgan fingerprint density at radius 1 is 1.33 bits per heavy atom.